The molecule has 3 rings (SSSR count). The second-order valence-electron chi connectivity index (χ2n) is 10.0. The lowest BCUT2D eigenvalue weighted by Crippen LogP contribution is -2.23. The Hall–Kier alpha value is -4.63. The van der Waals surface area contributed by atoms with Crippen molar-refractivity contribution in [2.45, 2.75) is 65.8 Å². The van der Waals surface area contributed by atoms with E-state index in [1.807, 2.05) is 13.8 Å². The molecule has 0 aliphatic rings. The number of carboxylic acid groups (broad SMARTS) is 1. The van der Waals surface area contributed by atoms with Crippen LogP contribution in [0, 0.1) is 34.1 Å². The summed E-state index contributed by atoms with van der Waals surface area (Å²) in [5.74, 6) is -2.39. The van der Waals surface area contributed by atoms with Crippen molar-refractivity contribution in [3.63, 3.8) is 0 Å². The zero-order valence-corrected chi connectivity index (χ0v) is 27.1. The van der Waals surface area contributed by atoms with Crippen LogP contribution in [-0.2, 0) is 15.7 Å². The molecule has 0 saturated carbocycles. The molecule has 0 aliphatic heterocycles. The third-order valence-electron chi connectivity index (χ3n) is 6.78. The predicted molar refractivity (Wildman–Crippen MR) is 168 cm³/mol. The summed E-state index contributed by atoms with van der Waals surface area (Å²) in [5, 5.41) is 33.9. The number of ether oxygens (including phenoxy) is 2. The average molecular weight is 704 g/mol. The first-order valence-electron chi connectivity index (χ1n) is 13.8. The van der Waals surface area contributed by atoms with E-state index in [-0.39, 0.29) is 50.2 Å². The number of carboxylic acids is 1. The number of hydrogen-bond donors (Lipinski definition) is 2. The molecule has 47 heavy (non-hydrogen) atoms. The number of hydrogen-bond acceptors (Lipinski definition) is 9. The van der Waals surface area contributed by atoms with E-state index in [9.17, 15) is 43.0 Å². The summed E-state index contributed by atoms with van der Waals surface area (Å²) >= 11 is 11.7. The van der Waals surface area contributed by atoms with E-state index in [1.54, 1.807) is 13.8 Å². The number of esters is 1. The van der Waals surface area contributed by atoms with E-state index in [1.165, 1.54) is 18.2 Å². The Labute approximate surface area is 276 Å². The number of nitro benzene ring substituents is 2. The lowest BCUT2D eigenvalue weighted by Gasteiger charge is -2.17. The van der Waals surface area contributed by atoms with Gasteiger partial charge in [0.15, 0.2) is 11.8 Å². The second kappa shape index (κ2) is 16.3. The molecule has 254 valence electrons. The highest BCUT2D eigenvalue weighted by atomic mass is 35.5. The maximum atomic E-state index is 12.7. The minimum Gasteiger partial charge on any atom is -0.479 e. The topological polar surface area (TPSA) is 171 Å². The van der Waals surface area contributed by atoms with Crippen molar-refractivity contribution in [2.24, 2.45) is 0 Å². The normalized spacial score (nSPS) is 11.6. The van der Waals surface area contributed by atoms with Gasteiger partial charge in [0.2, 0.25) is 0 Å². The zero-order chi connectivity index (χ0) is 35.8. The number of carbonyl (C=O) groups excluding carboxylic acids is 1. The Morgan fingerprint density at radius 2 is 1.60 bits per heavy atom. The van der Waals surface area contributed by atoms with Crippen molar-refractivity contribution >= 4 is 52.2 Å². The molecule has 0 bridgehead atoms. The standard InChI is InChI=1S/C17H11Cl2F3O5.C13H19N3O4/c1-8(15(23)24)26-16(25)11-7-10(3-4-12(11)18)27-14-5-2-9(6-13(14)19)17(20,21)22;1-5-10(6-2)14-12-11(15(17)18)7-8(3)9(4)13(12)16(19)20/h2-8H,1H3,(H,23,24);7,10,14H,5-6H2,1-4H3/t8-;/m0./s1. The number of nitro groups is 2. The summed E-state index contributed by atoms with van der Waals surface area (Å²) in [7, 11) is 0. The predicted octanol–water partition coefficient (Wildman–Crippen LogP) is 9.15. The molecule has 0 amide bonds. The Morgan fingerprint density at radius 1 is 0.979 bits per heavy atom. The molecule has 2 N–H and O–H groups in total. The number of carbonyl (C=O) groups is 2. The molecule has 0 saturated heterocycles. The molecule has 12 nitrogen and oxygen atoms in total. The number of alkyl halides is 3. The van der Waals surface area contributed by atoms with Crippen LogP contribution in [0.15, 0.2) is 42.5 Å². The first-order valence-corrected chi connectivity index (χ1v) is 14.5. The van der Waals surface area contributed by atoms with Gasteiger partial charge in [0.25, 0.3) is 5.69 Å². The monoisotopic (exact) mass is 703 g/mol. The minimum absolute atomic E-state index is 0.0109. The van der Waals surface area contributed by atoms with Gasteiger partial charge in [0.05, 0.1) is 31.0 Å². The second-order valence-corrected chi connectivity index (χ2v) is 10.8. The Bertz CT molecular complexity index is 1670. The van der Waals surface area contributed by atoms with Gasteiger partial charge in [0, 0.05) is 17.7 Å². The van der Waals surface area contributed by atoms with Crippen LogP contribution in [0.2, 0.25) is 10.0 Å². The third kappa shape index (κ3) is 10.2. The summed E-state index contributed by atoms with van der Waals surface area (Å²) < 4.78 is 48.1. The maximum absolute atomic E-state index is 12.7. The fourth-order valence-electron chi connectivity index (χ4n) is 3.98. The smallest absolute Gasteiger partial charge is 0.416 e. The number of benzene rings is 3. The highest BCUT2D eigenvalue weighted by Crippen LogP contribution is 2.40. The van der Waals surface area contributed by atoms with Gasteiger partial charge < -0.3 is 19.9 Å². The molecule has 3 aromatic rings. The van der Waals surface area contributed by atoms with Crippen molar-refractivity contribution in [3.05, 3.63) is 95.0 Å². The summed E-state index contributed by atoms with van der Waals surface area (Å²) in [6.07, 6.45) is -4.49. The first kappa shape index (κ1) is 38.6. The number of nitrogens with zero attached hydrogens (tertiary/aromatic N) is 2. The molecule has 1 atom stereocenters. The lowest BCUT2D eigenvalue weighted by atomic mass is 10.0. The lowest BCUT2D eigenvalue weighted by molar-refractivity contribution is -0.392. The largest absolute Gasteiger partial charge is 0.479 e. The molecule has 17 heteroatoms. The Morgan fingerprint density at radius 3 is 2.09 bits per heavy atom. The van der Waals surface area contributed by atoms with E-state index >= 15 is 0 Å². The van der Waals surface area contributed by atoms with Gasteiger partial charge in [-0.25, -0.2) is 9.59 Å². The van der Waals surface area contributed by atoms with Crippen molar-refractivity contribution in [2.75, 3.05) is 5.32 Å². The highest BCUT2D eigenvalue weighted by molar-refractivity contribution is 6.33. The summed E-state index contributed by atoms with van der Waals surface area (Å²) in [6, 6.07) is 7.68. The molecule has 0 radical (unpaired) electrons. The Balaban J connectivity index is 0.000000343. The number of anilines is 1. The summed E-state index contributed by atoms with van der Waals surface area (Å²) in [4.78, 5) is 44.1. The molecular weight excluding hydrogens is 674 g/mol. The average Bonchev–Trinajstić information content (AvgIpc) is 2.98. The molecule has 0 aromatic heterocycles. The molecule has 0 unspecified atom stereocenters. The summed E-state index contributed by atoms with van der Waals surface area (Å²) in [6.45, 7) is 8.27. The van der Waals surface area contributed by atoms with Crippen molar-refractivity contribution in [1.29, 1.82) is 0 Å². The van der Waals surface area contributed by atoms with E-state index in [2.05, 4.69) is 5.32 Å². The number of aliphatic carboxylic acids is 1. The van der Waals surface area contributed by atoms with Crippen LogP contribution in [0.3, 0.4) is 0 Å². The number of nitrogens with one attached hydrogen (secondary N) is 1. The first-order chi connectivity index (χ1) is 21.8. The van der Waals surface area contributed by atoms with E-state index in [0.717, 1.165) is 38.0 Å². The van der Waals surface area contributed by atoms with Gasteiger partial charge in [-0.15, -0.1) is 0 Å². The van der Waals surface area contributed by atoms with Gasteiger partial charge in [-0.1, -0.05) is 37.0 Å². The molecule has 0 aliphatic carbocycles. The number of aryl methyl sites for hydroxylation is 1. The van der Waals surface area contributed by atoms with Crippen molar-refractivity contribution in [1.82, 2.24) is 0 Å². The zero-order valence-electron chi connectivity index (χ0n) is 25.6. The fraction of sp³-hybridized carbons (Fsp3) is 0.333. The van der Waals surface area contributed by atoms with E-state index in [0.29, 0.717) is 17.2 Å². The van der Waals surface area contributed by atoms with Crippen LogP contribution in [0.5, 0.6) is 11.5 Å². The fourth-order valence-corrected chi connectivity index (χ4v) is 4.39. The SMILES string of the molecule is CCC(CC)Nc1c([N+](=O)[O-])cc(C)c(C)c1[N+](=O)[O-].C[C@H](OC(=O)c1cc(Oc2ccc(C(F)(F)F)cc2Cl)ccc1Cl)C(=O)O. The van der Waals surface area contributed by atoms with Gasteiger partial charge in [-0.2, -0.15) is 13.2 Å². The van der Waals surface area contributed by atoms with Crippen LogP contribution < -0.4 is 10.1 Å². The quantitative estimate of drug-likeness (QED) is 0.111. The summed E-state index contributed by atoms with van der Waals surface area (Å²) in [5.41, 5.74) is -0.562. The molecule has 0 fully saturated rings. The van der Waals surface area contributed by atoms with Crippen LogP contribution in [-0.4, -0.2) is 39.0 Å². The number of halogens is 5. The van der Waals surface area contributed by atoms with E-state index in [4.69, 9.17) is 37.8 Å². The van der Waals surface area contributed by atoms with Crippen LogP contribution >= 0.6 is 23.2 Å². The van der Waals surface area contributed by atoms with Crippen molar-refractivity contribution in [3.8, 4) is 11.5 Å². The van der Waals surface area contributed by atoms with Gasteiger partial charge in [-0.05, 0) is 75.6 Å². The van der Waals surface area contributed by atoms with Gasteiger partial charge in [0.1, 0.15) is 11.5 Å². The Kier molecular flexibility index (Phi) is 13.3. The maximum Gasteiger partial charge on any atom is 0.416 e. The minimum atomic E-state index is -4.56. The number of rotatable bonds is 11. The van der Waals surface area contributed by atoms with Gasteiger partial charge in [-0.3, -0.25) is 20.2 Å². The van der Waals surface area contributed by atoms with Gasteiger partial charge >= 0.3 is 23.8 Å². The molecule has 3 aromatic carbocycles. The van der Waals surface area contributed by atoms with Crippen molar-refractivity contribution < 1.29 is 47.2 Å². The molecular formula is C30H30Cl2F3N3O9. The molecule has 0 heterocycles. The van der Waals surface area contributed by atoms with E-state index < -0.39 is 39.6 Å². The van der Waals surface area contributed by atoms with Crippen LogP contribution in [0.1, 0.15) is 60.7 Å². The third-order valence-corrected chi connectivity index (χ3v) is 7.41. The highest BCUT2D eigenvalue weighted by Gasteiger charge is 2.32. The van der Waals surface area contributed by atoms with Crippen LogP contribution in [0.25, 0.3) is 0 Å². The molecule has 0 spiro atoms. The van der Waals surface area contributed by atoms with Crippen LogP contribution in [0.4, 0.5) is 30.2 Å².